The van der Waals surface area contributed by atoms with Crippen LogP contribution >= 0.6 is 11.6 Å². The highest BCUT2D eigenvalue weighted by Crippen LogP contribution is 2.14. The molecule has 0 aliphatic carbocycles. The number of alkyl halides is 1. The van der Waals surface area contributed by atoms with Crippen LogP contribution in [0.3, 0.4) is 0 Å². The Morgan fingerprint density at radius 3 is 0.778 bits per heavy atom. The van der Waals surface area contributed by atoms with Crippen LogP contribution in [-0.2, 0) is 66.4 Å². The van der Waals surface area contributed by atoms with E-state index in [1.807, 2.05) is 0 Å². The smallest absolute Gasteiger partial charge is 0.305 e. The summed E-state index contributed by atoms with van der Waals surface area (Å²) in [5.74, 6) is 0.610. The zero-order valence-electron chi connectivity index (χ0n) is 40.1. The molecule has 0 bridgehead atoms. The molecule has 0 aromatic carbocycles. The van der Waals surface area contributed by atoms with Crippen LogP contribution in [-0.4, -0.2) is 177 Å². The van der Waals surface area contributed by atoms with E-state index in [1.54, 1.807) is 0 Å². The predicted octanol–water partition coefficient (Wildman–Crippen LogP) is 8.79. The highest BCUT2D eigenvalue weighted by Gasteiger charge is 2.03. The summed E-state index contributed by atoms with van der Waals surface area (Å²) in [6.45, 7) is 15.0. The summed E-state index contributed by atoms with van der Waals surface area (Å²) in [7, 11) is 0. The average Bonchev–Trinajstić information content (AvgIpc) is 3.29. The Morgan fingerprint density at radius 1 is 0.270 bits per heavy atom. The van der Waals surface area contributed by atoms with Gasteiger partial charge in [0, 0.05) is 18.9 Å². The van der Waals surface area contributed by atoms with Gasteiger partial charge in [-0.15, -0.1) is 11.6 Å². The molecule has 0 atom stereocenters. The summed E-state index contributed by atoms with van der Waals surface area (Å²) >= 11 is 5.67. The number of rotatable bonds is 58. The lowest BCUT2D eigenvalue weighted by atomic mass is 10.0. The number of hydrogen-bond donors (Lipinski definition) is 0. The van der Waals surface area contributed by atoms with E-state index in [-0.39, 0.29) is 12.6 Å². The van der Waals surface area contributed by atoms with Crippen molar-refractivity contribution in [1.82, 2.24) is 0 Å². The first-order valence-electron chi connectivity index (χ1n) is 25.0. The lowest BCUT2D eigenvalue weighted by Crippen LogP contribution is -2.15. The molecule has 0 aliphatic heterocycles. The molecule has 0 fully saturated rings. The third kappa shape index (κ3) is 59.3. The summed E-state index contributed by atoms with van der Waals surface area (Å²) in [4.78, 5) is 11.9. The van der Waals surface area contributed by atoms with E-state index in [2.05, 4.69) is 6.92 Å². The Hall–Kier alpha value is -0.720. The monoisotopic (exact) mass is 931 g/mol. The number of unbranched alkanes of at least 4 members (excludes halogenated alkanes) is 17. The topological polar surface area (TPSA) is 137 Å². The SMILES string of the molecule is CCCCCCCCCCCCCCCCCC(=O)OCCOCCOCCOCCOCCOCCOCCOCCOCCOCCOCCOCCOCCCCCCCl. The van der Waals surface area contributed by atoms with Gasteiger partial charge in [0.1, 0.15) is 6.61 Å². The maximum Gasteiger partial charge on any atom is 0.305 e. The van der Waals surface area contributed by atoms with E-state index in [0.717, 1.165) is 44.6 Å². The van der Waals surface area contributed by atoms with Crippen molar-refractivity contribution in [2.45, 2.75) is 135 Å². The van der Waals surface area contributed by atoms with Crippen molar-refractivity contribution >= 4 is 17.6 Å². The highest BCUT2D eigenvalue weighted by molar-refractivity contribution is 6.17. The van der Waals surface area contributed by atoms with Crippen molar-refractivity contribution < 1.29 is 66.4 Å². The average molecular weight is 932 g/mol. The molecule has 0 amide bonds. The number of halogens is 1. The van der Waals surface area contributed by atoms with Gasteiger partial charge in [0.15, 0.2) is 0 Å². The molecule has 63 heavy (non-hydrogen) atoms. The van der Waals surface area contributed by atoms with Crippen LogP contribution in [0.1, 0.15) is 135 Å². The number of ether oxygens (including phenoxy) is 13. The van der Waals surface area contributed by atoms with Crippen LogP contribution in [0.2, 0.25) is 0 Å². The molecule has 0 unspecified atom stereocenters. The van der Waals surface area contributed by atoms with Crippen LogP contribution in [0, 0.1) is 0 Å². The van der Waals surface area contributed by atoms with Crippen molar-refractivity contribution in [3.63, 3.8) is 0 Å². The van der Waals surface area contributed by atoms with E-state index in [4.69, 9.17) is 73.2 Å². The van der Waals surface area contributed by atoms with Crippen LogP contribution in [0.15, 0.2) is 0 Å². The van der Waals surface area contributed by atoms with Gasteiger partial charge >= 0.3 is 5.97 Å². The zero-order valence-corrected chi connectivity index (χ0v) is 40.9. The normalized spacial score (nSPS) is 11.6. The summed E-state index contributed by atoms with van der Waals surface area (Å²) in [5.41, 5.74) is 0. The number of esters is 1. The third-order valence-electron chi connectivity index (χ3n) is 9.74. The molecular weight excluding hydrogens is 836 g/mol. The predicted molar refractivity (Wildman–Crippen MR) is 250 cm³/mol. The van der Waals surface area contributed by atoms with Gasteiger partial charge in [-0.1, -0.05) is 110 Å². The standard InChI is InChI=1S/C48H95ClO14/c1-2-3-4-5-6-7-8-9-10-11-12-13-14-15-18-21-48(50)63-47-46-62-45-44-61-43-42-60-41-40-59-39-38-58-37-36-57-35-34-56-33-32-55-31-30-54-29-28-53-27-26-52-25-24-51-23-20-17-16-19-22-49/h2-47H2,1H3. The molecule has 0 heterocycles. The van der Waals surface area contributed by atoms with Gasteiger partial charge in [-0.3, -0.25) is 4.79 Å². The molecule has 0 aromatic rings. The molecule has 0 aliphatic rings. The van der Waals surface area contributed by atoms with E-state index in [1.165, 1.54) is 89.9 Å². The molecule has 0 spiro atoms. The van der Waals surface area contributed by atoms with Gasteiger partial charge < -0.3 is 61.6 Å². The Bertz CT molecular complexity index is 834. The first kappa shape index (κ1) is 62.3. The Labute approximate surface area is 389 Å². The molecule has 0 rings (SSSR count). The first-order valence-corrected chi connectivity index (χ1v) is 25.5. The fourth-order valence-electron chi connectivity index (χ4n) is 6.10. The number of carbonyl (C=O) groups is 1. The zero-order chi connectivity index (χ0) is 45.3. The summed E-state index contributed by atoms with van der Waals surface area (Å²) in [6.07, 6.45) is 24.7. The molecule has 378 valence electrons. The fourth-order valence-corrected chi connectivity index (χ4v) is 6.29. The minimum Gasteiger partial charge on any atom is -0.463 e. The number of hydrogen-bond acceptors (Lipinski definition) is 14. The summed E-state index contributed by atoms with van der Waals surface area (Å²) in [5, 5.41) is 0. The first-order chi connectivity index (χ1) is 31.3. The van der Waals surface area contributed by atoms with Crippen LogP contribution in [0.5, 0.6) is 0 Å². The van der Waals surface area contributed by atoms with Gasteiger partial charge in [0.05, 0.1) is 152 Å². The van der Waals surface area contributed by atoms with E-state index in [9.17, 15) is 4.79 Å². The number of carbonyl (C=O) groups excluding carboxylic acids is 1. The maximum atomic E-state index is 11.9. The van der Waals surface area contributed by atoms with E-state index < -0.39 is 0 Å². The largest absolute Gasteiger partial charge is 0.463 e. The molecule has 0 N–H and O–H groups in total. The lowest BCUT2D eigenvalue weighted by Gasteiger charge is -2.09. The molecule has 14 nitrogen and oxygen atoms in total. The third-order valence-corrected chi connectivity index (χ3v) is 10.0. The van der Waals surface area contributed by atoms with Crippen molar-refractivity contribution in [1.29, 1.82) is 0 Å². The Kier molecular flexibility index (Phi) is 58.6. The van der Waals surface area contributed by atoms with Crippen molar-refractivity contribution in [2.75, 3.05) is 171 Å². The van der Waals surface area contributed by atoms with Gasteiger partial charge in [-0.25, -0.2) is 0 Å². The second kappa shape index (κ2) is 59.3. The van der Waals surface area contributed by atoms with Crippen LogP contribution in [0.4, 0.5) is 0 Å². The molecule has 0 radical (unpaired) electrons. The van der Waals surface area contributed by atoms with Crippen LogP contribution in [0.25, 0.3) is 0 Å². The second-order valence-corrected chi connectivity index (χ2v) is 15.7. The Balaban J connectivity index is 3.12. The minimum atomic E-state index is -0.131. The van der Waals surface area contributed by atoms with Crippen LogP contribution < -0.4 is 0 Å². The molecular formula is C48H95ClO14. The Morgan fingerprint density at radius 2 is 0.492 bits per heavy atom. The van der Waals surface area contributed by atoms with Crippen molar-refractivity contribution in [3.05, 3.63) is 0 Å². The van der Waals surface area contributed by atoms with E-state index >= 15 is 0 Å². The molecule has 0 saturated heterocycles. The van der Waals surface area contributed by atoms with Gasteiger partial charge in [-0.2, -0.15) is 0 Å². The summed E-state index contributed by atoms with van der Waals surface area (Å²) in [6, 6.07) is 0. The summed E-state index contributed by atoms with van der Waals surface area (Å²) < 4.78 is 71.4. The van der Waals surface area contributed by atoms with Crippen molar-refractivity contribution in [2.24, 2.45) is 0 Å². The fraction of sp³-hybridized carbons (Fsp3) is 0.979. The maximum absolute atomic E-state index is 11.9. The minimum absolute atomic E-state index is 0.131. The van der Waals surface area contributed by atoms with Crippen molar-refractivity contribution in [3.8, 4) is 0 Å². The molecule has 0 aromatic heterocycles. The van der Waals surface area contributed by atoms with Gasteiger partial charge in [0.2, 0.25) is 0 Å². The molecule has 0 saturated carbocycles. The lowest BCUT2D eigenvalue weighted by molar-refractivity contribution is -0.145. The molecule has 15 heteroatoms. The highest BCUT2D eigenvalue weighted by atomic mass is 35.5. The van der Waals surface area contributed by atoms with Gasteiger partial charge in [0.25, 0.3) is 0 Å². The van der Waals surface area contributed by atoms with Gasteiger partial charge in [-0.05, 0) is 19.3 Å². The second-order valence-electron chi connectivity index (χ2n) is 15.4. The quantitative estimate of drug-likeness (QED) is 0.0326. The van der Waals surface area contributed by atoms with E-state index in [0.29, 0.717) is 158 Å².